The van der Waals surface area contributed by atoms with E-state index in [0.29, 0.717) is 5.56 Å². The molecule has 3 aromatic carbocycles. The van der Waals surface area contributed by atoms with Crippen LogP contribution in [0.2, 0.25) is 0 Å². The minimum atomic E-state index is 0.0386. The summed E-state index contributed by atoms with van der Waals surface area (Å²) in [5, 5.41) is 2.08. The van der Waals surface area contributed by atoms with Crippen LogP contribution in [0, 0.1) is 0 Å². The van der Waals surface area contributed by atoms with Gasteiger partial charge in [0.2, 0.25) is 0 Å². The van der Waals surface area contributed by atoms with Gasteiger partial charge in [0.25, 0.3) is 0 Å². The van der Waals surface area contributed by atoms with Crippen LogP contribution in [0.1, 0.15) is 28.4 Å². The Labute approximate surface area is 138 Å². The number of Topliss-reactive ketones (excluding diaryl/α,β-unsaturated/α-hetero) is 1. The van der Waals surface area contributed by atoms with Crippen LogP contribution in [0.5, 0.6) is 11.5 Å². The number of furan rings is 1. The van der Waals surface area contributed by atoms with Crippen molar-refractivity contribution >= 4 is 27.7 Å². The van der Waals surface area contributed by atoms with E-state index in [1.165, 1.54) is 0 Å². The lowest BCUT2D eigenvalue weighted by atomic mass is 9.98. The van der Waals surface area contributed by atoms with Crippen molar-refractivity contribution in [2.24, 2.45) is 0 Å². The molecule has 0 N–H and O–H groups in total. The second-order valence-corrected chi connectivity index (χ2v) is 6.17. The maximum atomic E-state index is 11.6. The lowest BCUT2D eigenvalue weighted by Gasteiger charge is -2.19. The van der Waals surface area contributed by atoms with E-state index in [0.717, 1.165) is 51.0 Å². The molecule has 0 fully saturated rings. The predicted molar refractivity (Wildman–Crippen MR) is 93.0 cm³/mol. The quantitative estimate of drug-likeness (QED) is 0.384. The van der Waals surface area contributed by atoms with E-state index in [-0.39, 0.29) is 5.78 Å². The number of carbonyl (C=O) groups is 1. The van der Waals surface area contributed by atoms with Crippen molar-refractivity contribution in [2.75, 3.05) is 0 Å². The zero-order chi connectivity index (χ0) is 16.3. The Hall–Kier alpha value is -3.07. The molecule has 0 amide bonds. The number of carbonyl (C=O) groups excluding carboxylic acids is 1. The van der Waals surface area contributed by atoms with Gasteiger partial charge >= 0.3 is 0 Å². The van der Waals surface area contributed by atoms with Crippen molar-refractivity contribution in [3.63, 3.8) is 0 Å². The molecule has 24 heavy (non-hydrogen) atoms. The number of hydrogen-bond donors (Lipinski definition) is 0. The molecule has 1 aliphatic rings. The molecule has 116 valence electrons. The van der Waals surface area contributed by atoms with E-state index in [4.69, 9.17) is 9.15 Å². The number of ketones is 1. The highest BCUT2D eigenvalue weighted by molar-refractivity contribution is 6.08. The van der Waals surface area contributed by atoms with Crippen LogP contribution < -0.4 is 4.74 Å². The molecule has 3 nitrogen and oxygen atoms in total. The molecule has 1 aliphatic heterocycles. The molecule has 0 saturated carbocycles. The molecule has 0 saturated heterocycles. The molecule has 1 aromatic heterocycles. The van der Waals surface area contributed by atoms with E-state index in [1.807, 2.05) is 48.5 Å². The average molecular weight is 314 g/mol. The molecular weight excluding hydrogens is 300 g/mol. The lowest BCUT2D eigenvalue weighted by molar-refractivity contribution is 0.101. The van der Waals surface area contributed by atoms with Crippen LogP contribution in [0.4, 0.5) is 0 Å². The normalized spacial score (nSPS) is 12.7. The first-order valence-corrected chi connectivity index (χ1v) is 7.95. The van der Waals surface area contributed by atoms with E-state index >= 15 is 0 Å². The SMILES string of the molecule is CC(=O)c1ccc2c(c1)oc1c3c(ccc12)Oc1ccccc1C3. The van der Waals surface area contributed by atoms with E-state index < -0.39 is 0 Å². The highest BCUT2D eigenvalue weighted by Gasteiger charge is 2.22. The number of hydrogen-bond acceptors (Lipinski definition) is 3. The van der Waals surface area contributed by atoms with Crippen molar-refractivity contribution in [1.82, 2.24) is 0 Å². The molecular formula is C21H14O3. The Balaban J connectivity index is 1.77. The maximum absolute atomic E-state index is 11.6. The van der Waals surface area contributed by atoms with Gasteiger partial charge in [0.1, 0.15) is 22.7 Å². The molecule has 0 aliphatic carbocycles. The minimum Gasteiger partial charge on any atom is -0.457 e. The standard InChI is InChI=1S/C21H14O3/c1-12(22)13-6-7-15-16-8-9-19-17(21(16)24-20(15)11-13)10-14-4-2-3-5-18(14)23-19/h2-9,11H,10H2,1H3. The van der Waals surface area contributed by atoms with Crippen LogP contribution >= 0.6 is 0 Å². The Bertz CT molecular complexity index is 1130. The number of benzene rings is 3. The first-order chi connectivity index (χ1) is 11.7. The molecule has 0 unspecified atom stereocenters. The zero-order valence-electron chi connectivity index (χ0n) is 13.1. The molecule has 0 radical (unpaired) electrons. The Morgan fingerprint density at radius 2 is 1.79 bits per heavy atom. The molecule has 0 atom stereocenters. The van der Waals surface area contributed by atoms with Gasteiger partial charge in [-0.1, -0.05) is 24.3 Å². The second-order valence-electron chi connectivity index (χ2n) is 6.17. The van der Waals surface area contributed by atoms with Gasteiger partial charge in [0.05, 0.1) is 0 Å². The summed E-state index contributed by atoms with van der Waals surface area (Å²) in [6.07, 6.45) is 0.780. The predicted octanol–water partition coefficient (Wildman–Crippen LogP) is 5.49. The van der Waals surface area contributed by atoms with Gasteiger partial charge in [0, 0.05) is 28.3 Å². The number of ether oxygens (including phenoxy) is 1. The third-order valence-corrected chi connectivity index (χ3v) is 4.67. The summed E-state index contributed by atoms with van der Waals surface area (Å²) in [6.45, 7) is 1.57. The molecule has 3 heteroatoms. The van der Waals surface area contributed by atoms with Crippen molar-refractivity contribution in [2.45, 2.75) is 13.3 Å². The highest BCUT2D eigenvalue weighted by atomic mass is 16.5. The number of rotatable bonds is 1. The topological polar surface area (TPSA) is 39.4 Å². The molecule has 2 heterocycles. The smallest absolute Gasteiger partial charge is 0.159 e. The van der Waals surface area contributed by atoms with Gasteiger partial charge in [0.15, 0.2) is 5.78 Å². The highest BCUT2D eigenvalue weighted by Crippen LogP contribution is 2.42. The van der Waals surface area contributed by atoms with Gasteiger partial charge in [-0.15, -0.1) is 0 Å². The molecule has 0 spiro atoms. The Kier molecular flexibility index (Phi) is 2.63. The average Bonchev–Trinajstić information content (AvgIpc) is 2.98. The lowest BCUT2D eigenvalue weighted by Crippen LogP contribution is -2.02. The van der Waals surface area contributed by atoms with Crippen LogP contribution in [-0.2, 0) is 6.42 Å². The maximum Gasteiger partial charge on any atom is 0.159 e. The Morgan fingerprint density at radius 1 is 0.958 bits per heavy atom. The second kappa shape index (κ2) is 4.71. The van der Waals surface area contributed by atoms with E-state index in [9.17, 15) is 4.79 Å². The first kappa shape index (κ1) is 13.4. The van der Waals surface area contributed by atoms with Gasteiger partial charge in [-0.25, -0.2) is 0 Å². The molecule has 5 rings (SSSR count). The van der Waals surface area contributed by atoms with Crippen LogP contribution in [0.25, 0.3) is 21.9 Å². The third-order valence-electron chi connectivity index (χ3n) is 4.67. The number of para-hydroxylation sites is 1. The van der Waals surface area contributed by atoms with Crippen LogP contribution in [-0.4, -0.2) is 5.78 Å². The van der Waals surface area contributed by atoms with Gasteiger partial charge in [-0.2, -0.15) is 0 Å². The zero-order valence-corrected chi connectivity index (χ0v) is 13.1. The first-order valence-electron chi connectivity index (χ1n) is 7.95. The largest absolute Gasteiger partial charge is 0.457 e. The van der Waals surface area contributed by atoms with Crippen LogP contribution in [0.15, 0.2) is 59.0 Å². The van der Waals surface area contributed by atoms with Gasteiger partial charge in [-0.3, -0.25) is 4.79 Å². The summed E-state index contributed by atoms with van der Waals surface area (Å²) in [5.41, 5.74) is 4.47. The monoisotopic (exact) mass is 314 g/mol. The summed E-state index contributed by atoms with van der Waals surface area (Å²) in [5.74, 6) is 1.78. The summed E-state index contributed by atoms with van der Waals surface area (Å²) in [4.78, 5) is 11.6. The number of fused-ring (bicyclic) bond motifs is 6. The fraction of sp³-hybridized carbons (Fsp3) is 0.0952. The third kappa shape index (κ3) is 1.81. The van der Waals surface area contributed by atoms with E-state index in [1.54, 1.807) is 6.92 Å². The van der Waals surface area contributed by atoms with Crippen molar-refractivity contribution in [3.8, 4) is 11.5 Å². The van der Waals surface area contributed by atoms with Crippen molar-refractivity contribution in [3.05, 3.63) is 71.3 Å². The summed E-state index contributed by atoms with van der Waals surface area (Å²) < 4.78 is 12.2. The fourth-order valence-electron chi connectivity index (χ4n) is 3.42. The summed E-state index contributed by atoms with van der Waals surface area (Å²) in [7, 11) is 0. The van der Waals surface area contributed by atoms with Gasteiger partial charge in [-0.05, 0) is 42.8 Å². The fourth-order valence-corrected chi connectivity index (χ4v) is 3.42. The Morgan fingerprint density at radius 3 is 2.67 bits per heavy atom. The molecule has 0 bridgehead atoms. The minimum absolute atomic E-state index is 0.0386. The van der Waals surface area contributed by atoms with Crippen LogP contribution in [0.3, 0.4) is 0 Å². The van der Waals surface area contributed by atoms with Gasteiger partial charge < -0.3 is 9.15 Å². The summed E-state index contributed by atoms with van der Waals surface area (Å²) in [6, 6.07) is 17.7. The van der Waals surface area contributed by atoms with Crippen molar-refractivity contribution in [1.29, 1.82) is 0 Å². The summed E-state index contributed by atoms with van der Waals surface area (Å²) >= 11 is 0. The van der Waals surface area contributed by atoms with E-state index in [2.05, 4.69) is 6.07 Å². The molecule has 4 aromatic rings. The van der Waals surface area contributed by atoms with Crippen molar-refractivity contribution < 1.29 is 13.9 Å².